The molecule has 4 aliphatic rings. The molecule has 0 radical (unpaired) electrons. The van der Waals surface area contributed by atoms with Crippen molar-refractivity contribution in [3.8, 4) is 0 Å². The van der Waals surface area contributed by atoms with Crippen molar-refractivity contribution in [3.63, 3.8) is 0 Å². The molecule has 3 fully saturated rings. The van der Waals surface area contributed by atoms with Gasteiger partial charge in [-0.05, 0) is 108 Å². The molecule has 2 aromatic carbocycles. The standard InChI is InChI=1S/C39H55ClOSi/c1-28(2)13-12-14-29(3)35-21-22-36-34-20-19-30-27-31(23-25-38(30,4)37(34)24-26-39(35,36)5)41-42(40,32-15-8-6-9-16-32)33-17-10-7-11-18-33/h6-11,15-19,28-29,31,34-37H,12-14,20-27H2,1-5H3/t29-,31+,34+,35-,36+,37+,38+,39-/m1/s1. The second-order valence-corrected chi connectivity index (χ2v) is 19.8. The van der Waals surface area contributed by atoms with Crippen molar-refractivity contribution in [1.82, 2.24) is 0 Å². The molecular weight excluding hydrogens is 548 g/mol. The van der Waals surface area contributed by atoms with E-state index < -0.39 is 7.63 Å². The van der Waals surface area contributed by atoms with E-state index in [1.54, 1.807) is 5.57 Å². The van der Waals surface area contributed by atoms with E-state index in [2.05, 4.69) is 101 Å². The van der Waals surface area contributed by atoms with E-state index >= 15 is 0 Å². The Morgan fingerprint density at radius 3 is 2.14 bits per heavy atom. The Morgan fingerprint density at radius 1 is 0.833 bits per heavy atom. The molecule has 3 saturated carbocycles. The highest BCUT2D eigenvalue weighted by atomic mass is 35.6. The molecule has 4 aliphatic carbocycles. The number of allylic oxidation sites excluding steroid dienone is 1. The van der Waals surface area contributed by atoms with Crippen LogP contribution in [0.1, 0.15) is 105 Å². The Kier molecular flexibility index (Phi) is 8.91. The van der Waals surface area contributed by atoms with Crippen molar-refractivity contribution in [2.45, 2.75) is 111 Å². The second-order valence-electron chi connectivity index (χ2n) is 15.6. The fraction of sp³-hybridized carbons (Fsp3) is 0.641. The van der Waals surface area contributed by atoms with Gasteiger partial charge in [0, 0.05) is 0 Å². The van der Waals surface area contributed by atoms with Gasteiger partial charge in [0.1, 0.15) is 0 Å². The second kappa shape index (κ2) is 12.2. The van der Waals surface area contributed by atoms with E-state index in [0.717, 1.165) is 58.7 Å². The maximum absolute atomic E-state index is 7.60. The highest BCUT2D eigenvalue weighted by Crippen LogP contribution is 2.67. The summed E-state index contributed by atoms with van der Waals surface area (Å²) in [4.78, 5) is 0. The SMILES string of the molecule is CC(C)CCC[C@@H](C)[C@H]1CC[C@H]2[C@@H]3CC=C4C[C@@H](O[Si](Cl)(c5ccccc5)c5ccccc5)CC[C@]4(C)[C@H]3CC[C@]12C. The van der Waals surface area contributed by atoms with E-state index in [9.17, 15) is 0 Å². The van der Waals surface area contributed by atoms with Crippen LogP contribution >= 0.6 is 11.1 Å². The van der Waals surface area contributed by atoms with Gasteiger partial charge in [-0.2, -0.15) is 0 Å². The minimum Gasteiger partial charge on any atom is -0.393 e. The van der Waals surface area contributed by atoms with Crippen molar-refractivity contribution < 1.29 is 4.43 Å². The van der Waals surface area contributed by atoms with Gasteiger partial charge < -0.3 is 4.43 Å². The van der Waals surface area contributed by atoms with Crippen molar-refractivity contribution >= 4 is 29.1 Å². The molecule has 2 aromatic rings. The average Bonchev–Trinajstić information content (AvgIpc) is 3.35. The zero-order chi connectivity index (χ0) is 29.5. The Morgan fingerprint density at radius 2 is 1.50 bits per heavy atom. The van der Waals surface area contributed by atoms with Crippen molar-refractivity contribution in [3.05, 3.63) is 72.3 Å². The highest BCUT2D eigenvalue weighted by molar-refractivity contribution is 7.30. The van der Waals surface area contributed by atoms with Crippen LogP contribution in [0.25, 0.3) is 0 Å². The Labute approximate surface area is 262 Å². The van der Waals surface area contributed by atoms with Crippen LogP contribution in [0.4, 0.5) is 0 Å². The zero-order valence-corrected chi connectivity index (χ0v) is 28.7. The summed E-state index contributed by atoms with van der Waals surface area (Å²) < 4.78 is 7.12. The molecule has 8 atom stereocenters. The lowest BCUT2D eigenvalue weighted by Gasteiger charge is -2.58. The maximum Gasteiger partial charge on any atom is 0.355 e. The molecule has 0 spiro atoms. The molecule has 0 aliphatic heterocycles. The number of benzene rings is 2. The first-order valence-corrected chi connectivity index (χ1v) is 20.2. The predicted octanol–water partition coefficient (Wildman–Crippen LogP) is 9.91. The topological polar surface area (TPSA) is 9.23 Å². The minimum absolute atomic E-state index is 0.196. The van der Waals surface area contributed by atoms with Gasteiger partial charge >= 0.3 is 7.63 Å². The molecule has 0 saturated heterocycles. The third-order valence-electron chi connectivity index (χ3n) is 12.9. The largest absolute Gasteiger partial charge is 0.393 e. The molecule has 0 unspecified atom stereocenters. The van der Waals surface area contributed by atoms with Gasteiger partial charge in [-0.3, -0.25) is 0 Å². The number of hydrogen-bond acceptors (Lipinski definition) is 1. The third kappa shape index (κ3) is 5.52. The lowest BCUT2D eigenvalue weighted by atomic mass is 9.47. The normalized spacial score (nSPS) is 35.2. The summed E-state index contributed by atoms with van der Waals surface area (Å²) in [5.74, 6) is 5.27. The first kappa shape index (κ1) is 30.7. The van der Waals surface area contributed by atoms with Crippen LogP contribution < -0.4 is 10.4 Å². The van der Waals surface area contributed by atoms with E-state index in [-0.39, 0.29) is 6.10 Å². The molecular formula is C39H55ClOSi. The van der Waals surface area contributed by atoms with Gasteiger partial charge in [0.05, 0.1) is 6.10 Å². The third-order valence-corrected chi connectivity index (χ3v) is 17.3. The van der Waals surface area contributed by atoms with Crippen LogP contribution in [0.15, 0.2) is 72.3 Å². The van der Waals surface area contributed by atoms with Gasteiger partial charge in [-0.25, -0.2) is 0 Å². The van der Waals surface area contributed by atoms with E-state index in [1.807, 2.05) is 0 Å². The zero-order valence-electron chi connectivity index (χ0n) is 27.0. The highest BCUT2D eigenvalue weighted by Gasteiger charge is 2.59. The molecule has 0 bridgehead atoms. The molecule has 1 nitrogen and oxygen atoms in total. The van der Waals surface area contributed by atoms with Crippen LogP contribution in [0.2, 0.25) is 0 Å². The van der Waals surface area contributed by atoms with Gasteiger partial charge in [0.15, 0.2) is 0 Å². The molecule has 0 heterocycles. The van der Waals surface area contributed by atoms with E-state index in [0.29, 0.717) is 10.8 Å². The van der Waals surface area contributed by atoms with Gasteiger partial charge in [0.25, 0.3) is 0 Å². The molecule has 42 heavy (non-hydrogen) atoms. The maximum atomic E-state index is 7.60. The predicted molar refractivity (Wildman–Crippen MR) is 182 cm³/mol. The summed E-state index contributed by atoms with van der Waals surface area (Å²) in [5, 5.41) is 2.31. The first-order chi connectivity index (χ1) is 20.1. The number of fused-ring (bicyclic) bond motifs is 5. The van der Waals surface area contributed by atoms with E-state index in [1.165, 1.54) is 57.8 Å². The number of hydrogen-bond donors (Lipinski definition) is 0. The van der Waals surface area contributed by atoms with Crippen LogP contribution in [-0.2, 0) is 4.43 Å². The summed E-state index contributed by atoms with van der Waals surface area (Å²) in [6, 6.07) is 21.2. The summed E-state index contributed by atoms with van der Waals surface area (Å²) >= 11 is 7.60. The average molecular weight is 603 g/mol. The fourth-order valence-corrected chi connectivity index (χ4v) is 14.2. The lowest BCUT2D eigenvalue weighted by Crippen LogP contribution is -2.59. The van der Waals surface area contributed by atoms with Crippen molar-refractivity contribution in [1.29, 1.82) is 0 Å². The Bertz CT molecular complexity index is 1190. The summed E-state index contributed by atoms with van der Waals surface area (Å²) in [6.45, 7) is 12.7. The van der Waals surface area contributed by atoms with Crippen LogP contribution in [0.5, 0.6) is 0 Å². The summed E-state index contributed by atoms with van der Waals surface area (Å²) in [5.41, 5.74) is 2.57. The molecule has 3 heteroatoms. The molecule has 0 N–H and O–H groups in total. The van der Waals surface area contributed by atoms with Crippen LogP contribution in [0, 0.1) is 46.3 Å². The minimum atomic E-state index is -2.82. The molecule has 6 rings (SSSR count). The van der Waals surface area contributed by atoms with Gasteiger partial charge in [0.2, 0.25) is 0 Å². The van der Waals surface area contributed by atoms with Gasteiger partial charge in [-0.1, -0.05) is 126 Å². The molecule has 228 valence electrons. The van der Waals surface area contributed by atoms with Crippen molar-refractivity contribution in [2.75, 3.05) is 0 Å². The monoisotopic (exact) mass is 602 g/mol. The summed E-state index contributed by atoms with van der Waals surface area (Å²) in [7, 11) is -2.82. The molecule has 0 amide bonds. The Balaban J connectivity index is 1.18. The van der Waals surface area contributed by atoms with Crippen LogP contribution in [0.3, 0.4) is 0 Å². The quantitative estimate of drug-likeness (QED) is 0.158. The van der Waals surface area contributed by atoms with E-state index in [4.69, 9.17) is 15.5 Å². The molecule has 0 aromatic heterocycles. The van der Waals surface area contributed by atoms with Gasteiger partial charge in [-0.15, -0.1) is 11.1 Å². The van der Waals surface area contributed by atoms with Crippen molar-refractivity contribution in [2.24, 2.45) is 46.3 Å². The Hall–Kier alpha value is -1.35. The fourth-order valence-electron chi connectivity index (χ4n) is 10.6. The lowest BCUT2D eigenvalue weighted by molar-refractivity contribution is -0.0560. The first-order valence-electron chi connectivity index (χ1n) is 17.3. The smallest absolute Gasteiger partial charge is 0.355 e. The summed E-state index contributed by atoms with van der Waals surface area (Å²) in [6.07, 6.45) is 17.6. The van der Waals surface area contributed by atoms with Crippen LogP contribution in [-0.4, -0.2) is 13.7 Å². The number of halogens is 1. The number of rotatable bonds is 9.